The third-order valence-corrected chi connectivity index (χ3v) is 5.05. The standard InChI is InChI=1S/C18H21BrN4O4/c1-4-11-6-5-7-13(8-11)27-10-12(24)9-23-14-15(20-17(23)19)21(2)18(26)22(3)16(14)25/h5-8,12,24H,4,9-10H2,1-3H3/t12-/m1/s1. The fourth-order valence-electron chi connectivity index (χ4n) is 2.90. The van der Waals surface area contributed by atoms with Crippen LogP contribution in [0.15, 0.2) is 38.6 Å². The lowest BCUT2D eigenvalue weighted by Crippen LogP contribution is -2.38. The zero-order valence-corrected chi connectivity index (χ0v) is 16.9. The van der Waals surface area contributed by atoms with Crippen molar-refractivity contribution in [1.82, 2.24) is 18.7 Å². The summed E-state index contributed by atoms with van der Waals surface area (Å²) < 4.78 is 9.91. The molecule has 0 radical (unpaired) electrons. The summed E-state index contributed by atoms with van der Waals surface area (Å²) in [5.74, 6) is 0.682. The van der Waals surface area contributed by atoms with Gasteiger partial charge in [-0.1, -0.05) is 19.1 Å². The van der Waals surface area contributed by atoms with Gasteiger partial charge >= 0.3 is 5.69 Å². The van der Waals surface area contributed by atoms with Crippen molar-refractivity contribution < 1.29 is 9.84 Å². The molecule has 0 bridgehead atoms. The number of aliphatic hydroxyl groups is 1. The van der Waals surface area contributed by atoms with Gasteiger partial charge in [0.2, 0.25) is 0 Å². The molecule has 0 unspecified atom stereocenters. The maximum absolute atomic E-state index is 12.5. The number of nitrogens with zero attached hydrogens (tertiary/aromatic N) is 4. The number of halogens is 1. The normalized spacial score (nSPS) is 12.5. The largest absolute Gasteiger partial charge is 0.491 e. The molecule has 27 heavy (non-hydrogen) atoms. The van der Waals surface area contributed by atoms with Gasteiger partial charge < -0.3 is 14.4 Å². The molecule has 1 atom stereocenters. The molecule has 1 N–H and O–H groups in total. The van der Waals surface area contributed by atoms with Gasteiger partial charge in [0.1, 0.15) is 18.5 Å². The Hall–Kier alpha value is -2.39. The van der Waals surface area contributed by atoms with Crippen molar-refractivity contribution in [3.05, 3.63) is 55.4 Å². The molecule has 9 heteroatoms. The SMILES string of the molecule is CCc1cccc(OC[C@H](O)Cn2c(Br)nc3c2c(=O)n(C)c(=O)n3C)c1. The Morgan fingerprint density at radius 1 is 1.26 bits per heavy atom. The van der Waals surface area contributed by atoms with E-state index in [1.54, 1.807) is 11.6 Å². The first-order valence-corrected chi connectivity index (χ1v) is 9.34. The Morgan fingerprint density at radius 3 is 2.70 bits per heavy atom. The number of benzene rings is 1. The minimum atomic E-state index is -0.870. The summed E-state index contributed by atoms with van der Waals surface area (Å²) in [7, 11) is 2.96. The second-order valence-corrected chi connectivity index (χ2v) is 7.04. The van der Waals surface area contributed by atoms with E-state index >= 15 is 0 Å². The molecule has 0 fully saturated rings. The van der Waals surface area contributed by atoms with E-state index in [-0.39, 0.29) is 24.3 Å². The summed E-state index contributed by atoms with van der Waals surface area (Å²) in [5.41, 5.74) is 0.742. The first-order chi connectivity index (χ1) is 12.8. The van der Waals surface area contributed by atoms with Gasteiger partial charge in [0.25, 0.3) is 5.56 Å². The first-order valence-electron chi connectivity index (χ1n) is 8.55. The van der Waals surface area contributed by atoms with E-state index in [4.69, 9.17) is 4.74 Å². The molecule has 8 nitrogen and oxygen atoms in total. The number of aromatic nitrogens is 4. The Bertz CT molecular complexity index is 1100. The van der Waals surface area contributed by atoms with Crippen LogP contribution in [0.1, 0.15) is 12.5 Å². The first kappa shape index (κ1) is 19.4. The van der Waals surface area contributed by atoms with Crippen molar-refractivity contribution in [3.63, 3.8) is 0 Å². The van der Waals surface area contributed by atoms with Crippen molar-refractivity contribution in [1.29, 1.82) is 0 Å². The predicted molar refractivity (Wildman–Crippen MR) is 105 cm³/mol. The smallest absolute Gasteiger partial charge is 0.332 e. The lowest BCUT2D eigenvalue weighted by Gasteiger charge is -2.15. The summed E-state index contributed by atoms with van der Waals surface area (Å²) >= 11 is 3.31. The molecule has 144 valence electrons. The maximum Gasteiger partial charge on any atom is 0.332 e. The van der Waals surface area contributed by atoms with Crippen LogP contribution in [0.3, 0.4) is 0 Å². The van der Waals surface area contributed by atoms with Crippen molar-refractivity contribution in [2.24, 2.45) is 14.1 Å². The zero-order chi connectivity index (χ0) is 19.7. The van der Waals surface area contributed by atoms with Crippen molar-refractivity contribution in [2.45, 2.75) is 26.0 Å². The molecular weight excluding hydrogens is 416 g/mol. The Kier molecular flexibility index (Phi) is 5.52. The summed E-state index contributed by atoms with van der Waals surface area (Å²) in [5, 5.41) is 10.4. The highest BCUT2D eigenvalue weighted by Crippen LogP contribution is 2.18. The van der Waals surface area contributed by atoms with E-state index < -0.39 is 17.4 Å². The van der Waals surface area contributed by atoms with Crippen LogP contribution in [0.25, 0.3) is 11.2 Å². The lowest BCUT2D eigenvalue weighted by molar-refractivity contribution is 0.0928. The number of aliphatic hydroxyl groups excluding tert-OH is 1. The molecule has 2 heterocycles. The summed E-state index contributed by atoms with van der Waals surface area (Å²) in [4.78, 5) is 28.8. The van der Waals surface area contributed by atoms with Gasteiger partial charge in [-0.15, -0.1) is 0 Å². The minimum absolute atomic E-state index is 0.0609. The highest BCUT2D eigenvalue weighted by molar-refractivity contribution is 9.10. The Labute approximate surface area is 163 Å². The van der Waals surface area contributed by atoms with Gasteiger partial charge in [0, 0.05) is 14.1 Å². The van der Waals surface area contributed by atoms with Crippen molar-refractivity contribution in [3.8, 4) is 5.75 Å². The quantitative estimate of drug-likeness (QED) is 0.586. The topological polar surface area (TPSA) is 91.3 Å². The molecule has 1 aromatic carbocycles. The average Bonchev–Trinajstić information content (AvgIpc) is 2.99. The van der Waals surface area contributed by atoms with Gasteiger partial charge in [-0.2, -0.15) is 0 Å². The molecule has 0 spiro atoms. The molecule has 3 rings (SSSR count). The van der Waals surface area contributed by atoms with E-state index in [0.29, 0.717) is 10.5 Å². The number of ether oxygens (including phenoxy) is 1. The number of hydrogen-bond donors (Lipinski definition) is 1. The predicted octanol–water partition coefficient (Wildman–Crippen LogP) is 1.20. The summed E-state index contributed by atoms with van der Waals surface area (Å²) in [6.07, 6.45) is 0.0290. The number of hydrogen-bond acceptors (Lipinski definition) is 5. The molecule has 3 aromatic rings. The van der Waals surface area contributed by atoms with E-state index in [0.717, 1.165) is 16.6 Å². The molecule has 0 aliphatic carbocycles. The molecule has 0 aliphatic rings. The molecule has 0 aliphatic heterocycles. The van der Waals surface area contributed by atoms with Gasteiger partial charge in [-0.05, 0) is 40.0 Å². The Morgan fingerprint density at radius 2 is 2.00 bits per heavy atom. The van der Waals surface area contributed by atoms with Crippen LogP contribution in [-0.4, -0.2) is 36.5 Å². The van der Waals surface area contributed by atoms with Crippen molar-refractivity contribution >= 4 is 27.1 Å². The fourth-order valence-corrected chi connectivity index (χ4v) is 3.39. The molecule has 0 saturated heterocycles. The van der Waals surface area contributed by atoms with Crippen LogP contribution in [0.2, 0.25) is 0 Å². The van der Waals surface area contributed by atoms with Gasteiger partial charge in [0.05, 0.1) is 6.54 Å². The number of imidazole rings is 1. The summed E-state index contributed by atoms with van der Waals surface area (Å²) in [6.45, 7) is 2.22. The summed E-state index contributed by atoms with van der Waals surface area (Å²) in [6, 6.07) is 7.68. The van der Waals surface area contributed by atoms with Crippen LogP contribution in [-0.2, 0) is 27.1 Å². The van der Waals surface area contributed by atoms with Gasteiger partial charge in [-0.25, -0.2) is 9.78 Å². The van der Waals surface area contributed by atoms with Crippen LogP contribution in [0.5, 0.6) is 5.75 Å². The van der Waals surface area contributed by atoms with Crippen LogP contribution in [0.4, 0.5) is 0 Å². The van der Waals surface area contributed by atoms with Crippen molar-refractivity contribution in [2.75, 3.05) is 6.61 Å². The van der Waals surface area contributed by atoms with Crippen LogP contribution in [0, 0.1) is 0 Å². The third kappa shape index (κ3) is 3.70. The lowest BCUT2D eigenvalue weighted by atomic mass is 10.2. The molecular formula is C18H21BrN4O4. The highest BCUT2D eigenvalue weighted by atomic mass is 79.9. The van der Waals surface area contributed by atoms with E-state index in [1.807, 2.05) is 24.3 Å². The molecule has 2 aromatic heterocycles. The fraction of sp³-hybridized carbons (Fsp3) is 0.389. The average molecular weight is 437 g/mol. The van der Waals surface area contributed by atoms with Crippen LogP contribution >= 0.6 is 15.9 Å². The van der Waals surface area contributed by atoms with Gasteiger partial charge in [0.15, 0.2) is 15.9 Å². The second-order valence-electron chi connectivity index (χ2n) is 6.34. The zero-order valence-electron chi connectivity index (χ0n) is 15.3. The third-order valence-electron chi connectivity index (χ3n) is 4.44. The van der Waals surface area contributed by atoms with Gasteiger partial charge in [-0.3, -0.25) is 13.9 Å². The molecule has 0 saturated carbocycles. The van der Waals surface area contributed by atoms with E-state index in [1.165, 1.54) is 11.6 Å². The Balaban J connectivity index is 1.85. The highest BCUT2D eigenvalue weighted by Gasteiger charge is 2.20. The van der Waals surface area contributed by atoms with Crippen LogP contribution < -0.4 is 16.0 Å². The minimum Gasteiger partial charge on any atom is -0.491 e. The number of rotatable bonds is 6. The number of aryl methyl sites for hydroxylation is 2. The van der Waals surface area contributed by atoms with E-state index in [9.17, 15) is 14.7 Å². The number of fused-ring (bicyclic) bond motifs is 1. The maximum atomic E-state index is 12.5. The molecule has 0 amide bonds. The monoisotopic (exact) mass is 436 g/mol. The van der Waals surface area contributed by atoms with E-state index in [2.05, 4.69) is 27.8 Å². The second kappa shape index (κ2) is 7.69.